The third-order valence-corrected chi connectivity index (χ3v) is 3.57. The lowest BCUT2D eigenvalue weighted by Crippen LogP contribution is -2.29. The summed E-state index contributed by atoms with van der Waals surface area (Å²) in [5.41, 5.74) is 1.94. The van der Waals surface area contributed by atoms with Gasteiger partial charge in [-0.1, -0.05) is 19.1 Å². The van der Waals surface area contributed by atoms with Gasteiger partial charge in [0.2, 0.25) is 0 Å². The Labute approximate surface area is 119 Å². The third kappa shape index (κ3) is 3.49. The largest absolute Gasteiger partial charge is 0.447 e. The van der Waals surface area contributed by atoms with Crippen LogP contribution in [-0.4, -0.2) is 37.0 Å². The molecule has 1 heterocycles. The number of carbonyl (C=O) groups excluding carboxylic acids is 1. The number of nitrogens with zero attached hydrogens (tertiary/aromatic N) is 1. The van der Waals surface area contributed by atoms with Crippen LogP contribution in [0.4, 0.5) is 10.5 Å². The van der Waals surface area contributed by atoms with Crippen molar-refractivity contribution in [3.8, 4) is 0 Å². The molecule has 0 spiro atoms. The van der Waals surface area contributed by atoms with Crippen LogP contribution in [0.5, 0.6) is 0 Å². The Morgan fingerprint density at radius 2 is 2.30 bits per heavy atom. The number of nitrogens with one attached hydrogen (secondary N) is 1. The first-order valence-electron chi connectivity index (χ1n) is 7.07. The topological polar surface area (TPSA) is 61.8 Å². The zero-order chi connectivity index (χ0) is 14.5. The van der Waals surface area contributed by atoms with E-state index in [1.54, 1.807) is 4.90 Å². The number of amides is 1. The van der Waals surface area contributed by atoms with Gasteiger partial charge in [0.05, 0.1) is 12.6 Å². The Balaban J connectivity index is 2.03. The summed E-state index contributed by atoms with van der Waals surface area (Å²) >= 11 is 0. The van der Waals surface area contributed by atoms with E-state index in [0.717, 1.165) is 17.7 Å². The Bertz CT molecular complexity index is 464. The van der Waals surface area contributed by atoms with Gasteiger partial charge in [-0.05, 0) is 31.0 Å². The first-order chi connectivity index (χ1) is 9.61. The molecule has 1 saturated heterocycles. The molecule has 1 fully saturated rings. The van der Waals surface area contributed by atoms with Gasteiger partial charge in [-0.2, -0.15) is 0 Å². The van der Waals surface area contributed by atoms with Gasteiger partial charge in [-0.25, -0.2) is 4.79 Å². The maximum absolute atomic E-state index is 11.6. The summed E-state index contributed by atoms with van der Waals surface area (Å²) in [6.07, 6.45) is 0.123. The van der Waals surface area contributed by atoms with Crippen molar-refractivity contribution < 1.29 is 14.6 Å². The SMILES string of the molecule is CC[C@@H](O)CNC(C)c1cccc(N2CCOC2=O)c1. The van der Waals surface area contributed by atoms with Crippen molar-refractivity contribution in [1.82, 2.24) is 5.32 Å². The van der Waals surface area contributed by atoms with Crippen LogP contribution in [0.3, 0.4) is 0 Å². The van der Waals surface area contributed by atoms with E-state index in [-0.39, 0.29) is 18.2 Å². The molecule has 0 saturated carbocycles. The van der Waals surface area contributed by atoms with E-state index in [9.17, 15) is 9.90 Å². The van der Waals surface area contributed by atoms with Crippen LogP contribution >= 0.6 is 0 Å². The highest BCUT2D eigenvalue weighted by atomic mass is 16.6. The Kier molecular flexibility index (Phi) is 4.98. The molecular weight excluding hydrogens is 256 g/mol. The molecule has 2 N–H and O–H groups in total. The van der Waals surface area contributed by atoms with Gasteiger partial charge in [-0.3, -0.25) is 4.90 Å². The molecule has 0 bridgehead atoms. The zero-order valence-electron chi connectivity index (χ0n) is 12.0. The average Bonchev–Trinajstić information content (AvgIpc) is 2.90. The maximum atomic E-state index is 11.6. The molecule has 1 aliphatic rings. The van der Waals surface area contributed by atoms with Crippen LogP contribution in [0.2, 0.25) is 0 Å². The van der Waals surface area contributed by atoms with E-state index in [2.05, 4.69) is 5.32 Å². The number of hydrogen-bond acceptors (Lipinski definition) is 4. The molecule has 2 rings (SSSR count). The molecule has 1 aliphatic heterocycles. The van der Waals surface area contributed by atoms with E-state index in [1.807, 2.05) is 38.1 Å². The summed E-state index contributed by atoms with van der Waals surface area (Å²) in [5.74, 6) is 0. The molecule has 5 heteroatoms. The Morgan fingerprint density at radius 3 is 2.95 bits per heavy atom. The molecule has 0 radical (unpaired) electrons. The molecule has 5 nitrogen and oxygen atoms in total. The van der Waals surface area contributed by atoms with E-state index in [4.69, 9.17) is 4.74 Å². The van der Waals surface area contributed by atoms with Crippen molar-refractivity contribution >= 4 is 11.8 Å². The van der Waals surface area contributed by atoms with Crippen LogP contribution < -0.4 is 10.2 Å². The first-order valence-corrected chi connectivity index (χ1v) is 7.07. The lowest BCUT2D eigenvalue weighted by Gasteiger charge is -2.19. The second-order valence-electron chi connectivity index (χ2n) is 5.05. The second kappa shape index (κ2) is 6.72. The van der Waals surface area contributed by atoms with Gasteiger partial charge in [0.25, 0.3) is 0 Å². The summed E-state index contributed by atoms with van der Waals surface area (Å²) in [4.78, 5) is 13.2. The number of aliphatic hydroxyl groups excluding tert-OH is 1. The zero-order valence-corrected chi connectivity index (χ0v) is 12.0. The molecule has 20 heavy (non-hydrogen) atoms. The highest BCUT2D eigenvalue weighted by Gasteiger charge is 2.23. The van der Waals surface area contributed by atoms with E-state index < -0.39 is 0 Å². The minimum absolute atomic E-state index is 0.120. The number of benzene rings is 1. The molecule has 110 valence electrons. The van der Waals surface area contributed by atoms with Crippen LogP contribution in [0.1, 0.15) is 31.9 Å². The number of rotatable bonds is 6. The summed E-state index contributed by atoms with van der Waals surface area (Å²) in [5, 5.41) is 12.9. The maximum Gasteiger partial charge on any atom is 0.414 e. The molecule has 1 amide bonds. The molecule has 1 aromatic carbocycles. The Hall–Kier alpha value is -1.59. The predicted molar refractivity (Wildman–Crippen MR) is 77.9 cm³/mol. The fourth-order valence-electron chi connectivity index (χ4n) is 2.16. The first kappa shape index (κ1) is 14.8. The third-order valence-electron chi connectivity index (χ3n) is 3.57. The highest BCUT2D eigenvalue weighted by molar-refractivity contribution is 5.89. The standard InChI is InChI=1S/C15H22N2O3/c1-3-14(18)10-16-11(2)12-5-4-6-13(9-12)17-7-8-20-15(17)19/h4-6,9,11,14,16,18H,3,7-8,10H2,1-2H3/t11?,14-/m1/s1. The minimum atomic E-state index is -0.325. The monoisotopic (exact) mass is 278 g/mol. The Morgan fingerprint density at radius 1 is 1.50 bits per heavy atom. The van der Waals surface area contributed by atoms with Crippen molar-refractivity contribution in [3.05, 3.63) is 29.8 Å². The number of cyclic esters (lactones) is 1. The fraction of sp³-hybridized carbons (Fsp3) is 0.533. The summed E-state index contributed by atoms with van der Waals surface area (Å²) in [7, 11) is 0. The number of anilines is 1. The van der Waals surface area contributed by atoms with Crippen molar-refractivity contribution in [2.24, 2.45) is 0 Å². The van der Waals surface area contributed by atoms with E-state index in [0.29, 0.717) is 19.7 Å². The minimum Gasteiger partial charge on any atom is -0.447 e. The van der Waals surface area contributed by atoms with Gasteiger partial charge in [-0.15, -0.1) is 0 Å². The van der Waals surface area contributed by atoms with Gasteiger partial charge in [0.15, 0.2) is 0 Å². The molecule has 1 unspecified atom stereocenters. The number of carbonyl (C=O) groups is 1. The lowest BCUT2D eigenvalue weighted by molar-refractivity contribution is 0.164. The van der Waals surface area contributed by atoms with Crippen LogP contribution in [0, 0.1) is 0 Å². The number of aliphatic hydroxyl groups is 1. The fourth-order valence-corrected chi connectivity index (χ4v) is 2.16. The summed E-state index contributed by atoms with van der Waals surface area (Å²) in [6, 6.07) is 7.97. The van der Waals surface area contributed by atoms with Crippen molar-refractivity contribution in [1.29, 1.82) is 0 Å². The summed E-state index contributed by atoms with van der Waals surface area (Å²) < 4.78 is 4.95. The van der Waals surface area contributed by atoms with Gasteiger partial charge >= 0.3 is 6.09 Å². The molecular formula is C15H22N2O3. The summed E-state index contributed by atoms with van der Waals surface area (Å²) in [6.45, 7) is 5.60. The van der Waals surface area contributed by atoms with Crippen LogP contribution in [0.25, 0.3) is 0 Å². The normalized spacial score (nSPS) is 17.9. The van der Waals surface area contributed by atoms with Gasteiger partial charge in [0, 0.05) is 18.3 Å². The van der Waals surface area contributed by atoms with Crippen molar-refractivity contribution in [2.75, 3.05) is 24.6 Å². The van der Waals surface area contributed by atoms with Crippen LogP contribution in [-0.2, 0) is 4.74 Å². The van der Waals surface area contributed by atoms with E-state index >= 15 is 0 Å². The van der Waals surface area contributed by atoms with Crippen molar-refractivity contribution in [3.63, 3.8) is 0 Å². The predicted octanol–water partition coefficient (Wildman–Crippen LogP) is 2.06. The smallest absolute Gasteiger partial charge is 0.414 e. The lowest BCUT2D eigenvalue weighted by atomic mass is 10.1. The average molecular weight is 278 g/mol. The molecule has 2 atom stereocenters. The number of hydrogen-bond donors (Lipinski definition) is 2. The van der Waals surface area contributed by atoms with E-state index in [1.165, 1.54) is 0 Å². The second-order valence-corrected chi connectivity index (χ2v) is 5.05. The molecule has 1 aromatic rings. The highest BCUT2D eigenvalue weighted by Crippen LogP contribution is 2.23. The van der Waals surface area contributed by atoms with Crippen LogP contribution in [0.15, 0.2) is 24.3 Å². The number of ether oxygens (including phenoxy) is 1. The van der Waals surface area contributed by atoms with Crippen molar-refractivity contribution in [2.45, 2.75) is 32.4 Å². The van der Waals surface area contributed by atoms with Gasteiger partial charge < -0.3 is 15.2 Å². The van der Waals surface area contributed by atoms with Gasteiger partial charge in [0.1, 0.15) is 6.61 Å². The quantitative estimate of drug-likeness (QED) is 0.836. The molecule has 0 aromatic heterocycles. The molecule has 0 aliphatic carbocycles.